The summed E-state index contributed by atoms with van der Waals surface area (Å²) in [5.41, 5.74) is -1.16. The van der Waals surface area contributed by atoms with Crippen LogP contribution in [0.4, 0.5) is 4.39 Å². The van der Waals surface area contributed by atoms with E-state index in [-0.39, 0.29) is 11.7 Å². The first-order valence-electron chi connectivity index (χ1n) is 7.18. The predicted molar refractivity (Wildman–Crippen MR) is 77.9 cm³/mol. The number of methoxy groups -OCH3 is 1. The Hall–Kier alpha value is -2.11. The minimum absolute atomic E-state index is 0.287. The van der Waals surface area contributed by atoms with Crippen molar-refractivity contribution in [2.75, 3.05) is 13.7 Å². The monoisotopic (exact) mass is 309 g/mol. The molecular weight excluding hydrogens is 289 g/mol. The van der Waals surface area contributed by atoms with E-state index in [0.29, 0.717) is 18.7 Å². The van der Waals surface area contributed by atoms with E-state index >= 15 is 0 Å². The molecule has 1 amide bonds. The third-order valence-electron chi connectivity index (χ3n) is 3.69. The standard InChI is InChI=1S/C16H20FNO4/c1-16(2,22-12-8-6-11(17)7-9-12)15(20)18-10-4-5-13(18)14(19)21-3/h6-9,13H,4-5,10H2,1-3H3. The van der Waals surface area contributed by atoms with Gasteiger partial charge in [0, 0.05) is 6.54 Å². The maximum atomic E-state index is 12.9. The molecule has 120 valence electrons. The summed E-state index contributed by atoms with van der Waals surface area (Å²) >= 11 is 0. The van der Waals surface area contributed by atoms with Crippen molar-refractivity contribution in [3.8, 4) is 5.75 Å². The molecule has 6 heteroatoms. The molecule has 0 bridgehead atoms. The van der Waals surface area contributed by atoms with Gasteiger partial charge in [0.15, 0.2) is 5.60 Å². The molecule has 1 fully saturated rings. The summed E-state index contributed by atoms with van der Waals surface area (Å²) in [7, 11) is 1.31. The molecule has 5 nitrogen and oxygen atoms in total. The average molecular weight is 309 g/mol. The number of hydrogen-bond donors (Lipinski definition) is 0. The second kappa shape index (κ2) is 6.34. The molecule has 1 aliphatic rings. The number of amides is 1. The lowest BCUT2D eigenvalue weighted by Crippen LogP contribution is -2.52. The lowest BCUT2D eigenvalue weighted by molar-refractivity contribution is -0.156. The largest absolute Gasteiger partial charge is 0.478 e. The predicted octanol–water partition coefficient (Wildman–Crippen LogP) is 2.15. The number of carbonyl (C=O) groups excluding carboxylic acids is 2. The van der Waals surface area contributed by atoms with Gasteiger partial charge in [0.2, 0.25) is 0 Å². The molecule has 0 saturated carbocycles. The lowest BCUT2D eigenvalue weighted by atomic mass is 10.1. The van der Waals surface area contributed by atoms with Gasteiger partial charge >= 0.3 is 5.97 Å². The van der Waals surface area contributed by atoms with Crippen LogP contribution in [0.2, 0.25) is 0 Å². The summed E-state index contributed by atoms with van der Waals surface area (Å²) < 4.78 is 23.3. The van der Waals surface area contributed by atoms with E-state index in [1.54, 1.807) is 13.8 Å². The molecule has 1 atom stereocenters. The van der Waals surface area contributed by atoms with Crippen molar-refractivity contribution in [2.45, 2.75) is 38.3 Å². The number of benzene rings is 1. The first-order chi connectivity index (χ1) is 10.3. The van der Waals surface area contributed by atoms with Crippen LogP contribution >= 0.6 is 0 Å². The van der Waals surface area contributed by atoms with Crippen LogP contribution in [-0.2, 0) is 14.3 Å². The summed E-state index contributed by atoms with van der Waals surface area (Å²) in [6, 6.07) is 4.90. The van der Waals surface area contributed by atoms with Crippen molar-refractivity contribution in [1.82, 2.24) is 4.90 Å². The smallest absolute Gasteiger partial charge is 0.328 e. The van der Waals surface area contributed by atoms with E-state index in [1.807, 2.05) is 0 Å². The summed E-state index contributed by atoms with van der Waals surface area (Å²) in [5, 5.41) is 0. The van der Waals surface area contributed by atoms with Gasteiger partial charge in [0.25, 0.3) is 5.91 Å². The van der Waals surface area contributed by atoms with Gasteiger partial charge in [-0.25, -0.2) is 9.18 Å². The van der Waals surface area contributed by atoms with Gasteiger partial charge in [0.05, 0.1) is 7.11 Å². The highest BCUT2D eigenvalue weighted by Crippen LogP contribution is 2.26. The van der Waals surface area contributed by atoms with Crippen molar-refractivity contribution in [1.29, 1.82) is 0 Å². The van der Waals surface area contributed by atoms with Gasteiger partial charge in [0.1, 0.15) is 17.6 Å². The second-order valence-electron chi connectivity index (χ2n) is 5.75. The highest BCUT2D eigenvalue weighted by molar-refractivity contribution is 5.90. The molecule has 2 rings (SSSR count). The van der Waals surface area contributed by atoms with Crippen LogP contribution < -0.4 is 4.74 Å². The highest BCUT2D eigenvalue weighted by atomic mass is 19.1. The van der Waals surface area contributed by atoms with E-state index in [2.05, 4.69) is 0 Å². The minimum atomic E-state index is -1.16. The summed E-state index contributed by atoms with van der Waals surface area (Å²) in [5.74, 6) is -0.677. The highest BCUT2D eigenvalue weighted by Gasteiger charge is 2.42. The van der Waals surface area contributed by atoms with Gasteiger partial charge in [-0.05, 0) is 51.0 Å². The Morgan fingerprint density at radius 2 is 1.91 bits per heavy atom. The van der Waals surface area contributed by atoms with Crippen LogP contribution in [0, 0.1) is 5.82 Å². The second-order valence-corrected chi connectivity index (χ2v) is 5.75. The van der Waals surface area contributed by atoms with Crippen LogP contribution in [0.5, 0.6) is 5.75 Å². The van der Waals surface area contributed by atoms with E-state index in [4.69, 9.17) is 9.47 Å². The number of carbonyl (C=O) groups is 2. The fourth-order valence-electron chi connectivity index (χ4n) is 2.58. The Balaban J connectivity index is 2.12. The Labute approximate surface area is 129 Å². The molecule has 22 heavy (non-hydrogen) atoms. The van der Waals surface area contributed by atoms with Gasteiger partial charge in [-0.2, -0.15) is 0 Å². The number of likely N-dealkylation sites (tertiary alicyclic amines) is 1. The summed E-state index contributed by atoms with van der Waals surface area (Å²) in [6.45, 7) is 3.76. The SMILES string of the molecule is COC(=O)C1CCCN1C(=O)C(C)(C)Oc1ccc(F)cc1. The molecule has 1 heterocycles. The molecule has 1 aliphatic heterocycles. The van der Waals surface area contributed by atoms with Crippen LogP contribution in [0.1, 0.15) is 26.7 Å². The average Bonchev–Trinajstić information content (AvgIpc) is 2.97. The first kappa shape index (κ1) is 16.3. The Kier molecular flexibility index (Phi) is 4.68. The zero-order valence-electron chi connectivity index (χ0n) is 13.0. The van der Waals surface area contributed by atoms with E-state index in [0.717, 1.165) is 6.42 Å². The Morgan fingerprint density at radius 1 is 1.27 bits per heavy atom. The molecule has 1 saturated heterocycles. The summed E-state index contributed by atoms with van der Waals surface area (Å²) in [6.07, 6.45) is 1.34. The Morgan fingerprint density at radius 3 is 2.50 bits per heavy atom. The zero-order chi connectivity index (χ0) is 16.3. The summed E-state index contributed by atoms with van der Waals surface area (Å²) in [4.78, 5) is 25.9. The number of esters is 1. The third-order valence-corrected chi connectivity index (χ3v) is 3.69. The normalized spacial score (nSPS) is 18.2. The number of nitrogens with zero attached hydrogens (tertiary/aromatic N) is 1. The molecule has 0 radical (unpaired) electrons. The van der Waals surface area contributed by atoms with Gasteiger partial charge in [-0.1, -0.05) is 0 Å². The van der Waals surface area contributed by atoms with Gasteiger partial charge < -0.3 is 14.4 Å². The molecular formula is C16H20FNO4. The maximum Gasteiger partial charge on any atom is 0.328 e. The Bertz CT molecular complexity index is 556. The molecule has 0 N–H and O–H groups in total. The molecule has 1 aromatic carbocycles. The lowest BCUT2D eigenvalue weighted by Gasteiger charge is -2.32. The quantitative estimate of drug-likeness (QED) is 0.800. The van der Waals surface area contributed by atoms with Crippen molar-refractivity contribution in [3.63, 3.8) is 0 Å². The number of rotatable bonds is 4. The number of hydrogen-bond acceptors (Lipinski definition) is 4. The minimum Gasteiger partial charge on any atom is -0.478 e. The number of halogens is 1. The van der Waals surface area contributed by atoms with Crippen molar-refractivity contribution < 1.29 is 23.5 Å². The van der Waals surface area contributed by atoms with Crippen molar-refractivity contribution in [3.05, 3.63) is 30.1 Å². The molecule has 1 unspecified atom stereocenters. The van der Waals surface area contributed by atoms with Crippen molar-refractivity contribution in [2.24, 2.45) is 0 Å². The van der Waals surface area contributed by atoms with E-state index in [9.17, 15) is 14.0 Å². The zero-order valence-corrected chi connectivity index (χ0v) is 13.0. The third kappa shape index (κ3) is 3.37. The van der Waals surface area contributed by atoms with Crippen molar-refractivity contribution >= 4 is 11.9 Å². The molecule has 0 spiro atoms. The van der Waals surface area contributed by atoms with Gasteiger partial charge in [-0.3, -0.25) is 4.79 Å². The maximum absolute atomic E-state index is 12.9. The first-order valence-corrected chi connectivity index (χ1v) is 7.18. The molecule has 1 aromatic rings. The van der Waals surface area contributed by atoms with Crippen LogP contribution in [0.15, 0.2) is 24.3 Å². The van der Waals surface area contributed by atoms with Crippen LogP contribution in [0.3, 0.4) is 0 Å². The molecule has 0 aromatic heterocycles. The topological polar surface area (TPSA) is 55.8 Å². The van der Waals surface area contributed by atoms with Gasteiger partial charge in [-0.15, -0.1) is 0 Å². The van der Waals surface area contributed by atoms with Crippen LogP contribution in [-0.4, -0.2) is 42.1 Å². The fourth-order valence-corrected chi connectivity index (χ4v) is 2.58. The van der Waals surface area contributed by atoms with Crippen LogP contribution in [0.25, 0.3) is 0 Å². The molecule has 0 aliphatic carbocycles. The van der Waals surface area contributed by atoms with E-state index < -0.39 is 17.6 Å². The number of ether oxygens (including phenoxy) is 2. The fraction of sp³-hybridized carbons (Fsp3) is 0.500. The van der Waals surface area contributed by atoms with E-state index in [1.165, 1.54) is 36.3 Å².